The van der Waals surface area contributed by atoms with E-state index >= 15 is 0 Å². The lowest BCUT2D eigenvalue weighted by Gasteiger charge is -2.25. The fourth-order valence-corrected chi connectivity index (χ4v) is 1.82. The molecule has 0 spiro atoms. The lowest BCUT2D eigenvalue weighted by molar-refractivity contribution is -0.119. The van der Waals surface area contributed by atoms with Crippen molar-refractivity contribution in [2.24, 2.45) is 0 Å². The highest BCUT2D eigenvalue weighted by atomic mass is 16.5. The first-order valence-corrected chi connectivity index (χ1v) is 5.67. The number of nitrogens with one attached hydrogen (secondary N) is 2. The van der Waals surface area contributed by atoms with Gasteiger partial charge in [0.2, 0.25) is 5.91 Å². The summed E-state index contributed by atoms with van der Waals surface area (Å²) in [5.41, 5.74) is -0.128. The zero-order valence-electron chi connectivity index (χ0n) is 9.93. The molecule has 4 nitrogen and oxygen atoms in total. The third kappa shape index (κ3) is 4.62. The summed E-state index contributed by atoms with van der Waals surface area (Å²) in [6, 6.07) is 0.301. The van der Waals surface area contributed by atoms with Gasteiger partial charge in [-0.1, -0.05) is 0 Å². The number of carbonyl (C=O) groups excluding carboxylic acids is 1. The molecule has 1 saturated heterocycles. The van der Waals surface area contributed by atoms with Gasteiger partial charge in [0, 0.05) is 32.2 Å². The number of hydrogen-bond acceptors (Lipinski definition) is 3. The smallest absolute Gasteiger partial charge is 0.220 e. The fourth-order valence-electron chi connectivity index (χ4n) is 1.82. The van der Waals surface area contributed by atoms with E-state index in [4.69, 9.17) is 4.74 Å². The minimum Gasteiger partial charge on any atom is -0.375 e. The number of ether oxygens (including phenoxy) is 1. The van der Waals surface area contributed by atoms with Crippen molar-refractivity contribution in [2.45, 2.75) is 45.3 Å². The Bertz CT molecular complexity index is 217. The van der Waals surface area contributed by atoms with Crippen molar-refractivity contribution in [3.05, 3.63) is 0 Å². The van der Waals surface area contributed by atoms with Gasteiger partial charge in [-0.2, -0.15) is 0 Å². The second-order valence-electron chi connectivity index (χ2n) is 4.63. The Morgan fingerprint density at radius 2 is 2.33 bits per heavy atom. The van der Waals surface area contributed by atoms with Crippen LogP contribution < -0.4 is 10.6 Å². The van der Waals surface area contributed by atoms with Crippen LogP contribution in [0.3, 0.4) is 0 Å². The summed E-state index contributed by atoms with van der Waals surface area (Å²) in [4.78, 5) is 11.0. The first-order valence-electron chi connectivity index (χ1n) is 5.67. The SMILES string of the molecule is CCOC(C)(C)CNCC1CCC(=O)N1. The third-order valence-electron chi connectivity index (χ3n) is 2.56. The molecule has 0 radical (unpaired) electrons. The van der Waals surface area contributed by atoms with Gasteiger partial charge in [0.15, 0.2) is 0 Å². The Labute approximate surface area is 91.8 Å². The van der Waals surface area contributed by atoms with Crippen molar-refractivity contribution in [1.82, 2.24) is 10.6 Å². The Hall–Kier alpha value is -0.610. The van der Waals surface area contributed by atoms with Crippen LogP contribution in [0.25, 0.3) is 0 Å². The molecular weight excluding hydrogens is 192 g/mol. The van der Waals surface area contributed by atoms with Gasteiger partial charge in [-0.05, 0) is 27.2 Å². The average molecular weight is 214 g/mol. The summed E-state index contributed by atoms with van der Waals surface area (Å²) in [7, 11) is 0. The maximum absolute atomic E-state index is 11.0. The largest absolute Gasteiger partial charge is 0.375 e. The van der Waals surface area contributed by atoms with E-state index in [0.717, 1.165) is 26.1 Å². The molecule has 1 atom stereocenters. The second kappa shape index (κ2) is 5.47. The first kappa shape index (κ1) is 12.5. The molecule has 1 aliphatic rings. The van der Waals surface area contributed by atoms with Gasteiger partial charge in [-0.25, -0.2) is 0 Å². The highest BCUT2D eigenvalue weighted by Gasteiger charge is 2.22. The van der Waals surface area contributed by atoms with E-state index in [1.807, 2.05) is 6.92 Å². The quantitative estimate of drug-likeness (QED) is 0.683. The summed E-state index contributed by atoms with van der Waals surface area (Å²) >= 11 is 0. The van der Waals surface area contributed by atoms with Gasteiger partial charge in [0.25, 0.3) is 0 Å². The maximum Gasteiger partial charge on any atom is 0.220 e. The molecule has 0 aromatic carbocycles. The molecule has 1 unspecified atom stereocenters. The predicted molar refractivity (Wildman–Crippen MR) is 59.7 cm³/mol. The summed E-state index contributed by atoms with van der Waals surface area (Å²) in [6.45, 7) is 8.51. The number of rotatable bonds is 6. The van der Waals surface area contributed by atoms with Crippen LogP contribution in [0.2, 0.25) is 0 Å². The van der Waals surface area contributed by atoms with Crippen LogP contribution in [0, 0.1) is 0 Å². The van der Waals surface area contributed by atoms with Crippen molar-refractivity contribution in [2.75, 3.05) is 19.7 Å². The van der Waals surface area contributed by atoms with E-state index in [1.165, 1.54) is 0 Å². The summed E-state index contributed by atoms with van der Waals surface area (Å²) < 4.78 is 5.57. The molecule has 1 rings (SSSR count). The van der Waals surface area contributed by atoms with Gasteiger partial charge in [-0.15, -0.1) is 0 Å². The Morgan fingerprint density at radius 3 is 2.87 bits per heavy atom. The van der Waals surface area contributed by atoms with Gasteiger partial charge in [-0.3, -0.25) is 4.79 Å². The van der Waals surface area contributed by atoms with Crippen LogP contribution in [0.1, 0.15) is 33.6 Å². The summed E-state index contributed by atoms with van der Waals surface area (Å²) in [5.74, 6) is 0.172. The van der Waals surface area contributed by atoms with E-state index in [9.17, 15) is 4.79 Å². The van der Waals surface area contributed by atoms with Gasteiger partial charge in [0.1, 0.15) is 0 Å². The van der Waals surface area contributed by atoms with E-state index in [1.54, 1.807) is 0 Å². The summed E-state index contributed by atoms with van der Waals surface area (Å²) in [5, 5.41) is 6.26. The molecular formula is C11H22N2O2. The lowest BCUT2D eigenvalue weighted by atomic mass is 10.1. The highest BCUT2D eigenvalue weighted by molar-refractivity contribution is 5.78. The van der Waals surface area contributed by atoms with Crippen molar-refractivity contribution in [3.8, 4) is 0 Å². The molecule has 0 saturated carbocycles. The van der Waals surface area contributed by atoms with Crippen LogP contribution >= 0.6 is 0 Å². The van der Waals surface area contributed by atoms with Gasteiger partial charge in [0.05, 0.1) is 5.60 Å². The predicted octanol–water partition coefficient (Wildman–Crippen LogP) is 0.670. The zero-order chi connectivity index (χ0) is 11.3. The topological polar surface area (TPSA) is 50.4 Å². The van der Waals surface area contributed by atoms with E-state index < -0.39 is 0 Å². The molecule has 0 aliphatic carbocycles. The van der Waals surface area contributed by atoms with Crippen LogP contribution in [0.15, 0.2) is 0 Å². The molecule has 15 heavy (non-hydrogen) atoms. The minimum atomic E-state index is -0.128. The number of carbonyl (C=O) groups is 1. The van der Waals surface area contributed by atoms with Crippen LogP contribution in [-0.2, 0) is 9.53 Å². The molecule has 1 fully saturated rings. The van der Waals surface area contributed by atoms with Crippen LogP contribution in [0.4, 0.5) is 0 Å². The Balaban J connectivity index is 2.13. The first-order chi connectivity index (χ1) is 7.03. The lowest BCUT2D eigenvalue weighted by Crippen LogP contribution is -2.43. The maximum atomic E-state index is 11.0. The molecule has 0 aromatic rings. The minimum absolute atomic E-state index is 0.128. The molecule has 1 amide bonds. The molecule has 0 bridgehead atoms. The third-order valence-corrected chi connectivity index (χ3v) is 2.56. The summed E-state index contributed by atoms with van der Waals surface area (Å²) in [6.07, 6.45) is 1.61. The molecule has 1 aliphatic heterocycles. The van der Waals surface area contributed by atoms with Gasteiger partial charge < -0.3 is 15.4 Å². The second-order valence-corrected chi connectivity index (χ2v) is 4.63. The molecule has 2 N–H and O–H groups in total. The van der Waals surface area contributed by atoms with E-state index in [-0.39, 0.29) is 11.5 Å². The standard InChI is InChI=1S/C11H22N2O2/c1-4-15-11(2,3)8-12-7-9-5-6-10(14)13-9/h9,12H,4-8H2,1-3H3,(H,13,14). The Morgan fingerprint density at radius 1 is 1.60 bits per heavy atom. The van der Waals surface area contributed by atoms with Crippen molar-refractivity contribution < 1.29 is 9.53 Å². The number of hydrogen-bond donors (Lipinski definition) is 2. The highest BCUT2D eigenvalue weighted by Crippen LogP contribution is 2.08. The fraction of sp³-hybridized carbons (Fsp3) is 0.909. The normalized spacial score (nSPS) is 21.8. The van der Waals surface area contributed by atoms with Crippen LogP contribution in [-0.4, -0.2) is 37.2 Å². The zero-order valence-corrected chi connectivity index (χ0v) is 9.93. The van der Waals surface area contributed by atoms with Crippen molar-refractivity contribution in [1.29, 1.82) is 0 Å². The average Bonchev–Trinajstić information content (AvgIpc) is 2.51. The van der Waals surface area contributed by atoms with Crippen molar-refractivity contribution >= 4 is 5.91 Å². The Kier molecular flexibility index (Phi) is 4.54. The molecule has 0 aromatic heterocycles. The van der Waals surface area contributed by atoms with Crippen LogP contribution in [0.5, 0.6) is 0 Å². The molecule has 1 heterocycles. The van der Waals surface area contributed by atoms with E-state index in [0.29, 0.717) is 12.5 Å². The monoisotopic (exact) mass is 214 g/mol. The number of amides is 1. The molecule has 88 valence electrons. The van der Waals surface area contributed by atoms with Crippen molar-refractivity contribution in [3.63, 3.8) is 0 Å². The molecule has 4 heteroatoms. The van der Waals surface area contributed by atoms with E-state index in [2.05, 4.69) is 24.5 Å². The van der Waals surface area contributed by atoms with Gasteiger partial charge >= 0.3 is 0 Å².